The van der Waals surface area contributed by atoms with Crippen LogP contribution in [0.4, 0.5) is 8.78 Å². The van der Waals surface area contributed by atoms with Crippen LogP contribution in [-0.2, 0) is 11.2 Å². The third-order valence-electron chi connectivity index (χ3n) is 4.66. The maximum Gasteiger partial charge on any atom is 0.242 e. The van der Waals surface area contributed by atoms with Crippen LogP contribution < -0.4 is 5.32 Å². The van der Waals surface area contributed by atoms with Crippen LogP contribution in [0.2, 0.25) is 0 Å². The van der Waals surface area contributed by atoms with Crippen molar-refractivity contribution in [1.29, 1.82) is 0 Å². The summed E-state index contributed by atoms with van der Waals surface area (Å²) in [5, 5.41) is 21.9. The normalized spacial score (nSPS) is 29.4. The average molecular weight is 356 g/mol. The molecule has 25 heavy (non-hydrogen) atoms. The van der Waals surface area contributed by atoms with E-state index in [1.807, 2.05) is 30.3 Å². The van der Waals surface area contributed by atoms with Crippen LogP contribution in [0.1, 0.15) is 18.9 Å². The summed E-state index contributed by atoms with van der Waals surface area (Å²) >= 11 is 0. The minimum atomic E-state index is -1.98. The molecule has 0 spiro atoms. The van der Waals surface area contributed by atoms with Crippen LogP contribution in [-0.4, -0.2) is 71.2 Å². The number of hydrogen-bond acceptors (Lipinski definition) is 4. The lowest BCUT2D eigenvalue weighted by Gasteiger charge is -2.40. The molecule has 1 aliphatic rings. The van der Waals surface area contributed by atoms with Crippen molar-refractivity contribution < 1.29 is 23.8 Å². The van der Waals surface area contributed by atoms with Gasteiger partial charge < -0.3 is 15.1 Å². The van der Waals surface area contributed by atoms with Crippen LogP contribution in [0.3, 0.4) is 0 Å². The van der Waals surface area contributed by atoms with Crippen molar-refractivity contribution >= 4 is 5.91 Å². The van der Waals surface area contributed by atoms with Crippen LogP contribution >= 0.6 is 0 Å². The lowest BCUT2D eigenvalue weighted by molar-refractivity contribution is -0.145. The minimum Gasteiger partial charge on any atom is -0.389 e. The van der Waals surface area contributed by atoms with E-state index in [2.05, 4.69) is 5.32 Å². The first-order chi connectivity index (χ1) is 12.0. The maximum atomic E-state index is 14.3. The third-order valence-corrected chi connectivity index (χ3v) is 4.66. The summed E-state index contributed by atoms with van der Waals surface area (Å²) in [4.78, 5) is 14.1. The number of nitrogens with zero attached hydrogens (tertiary/aromatic N) is 1. The van der Waals surface area contributed by atoms with E-state index in [-0.39, 0.29) is 0 Å². The van der Waals surface area contributed by atoms with Gasteiger partial charge in [0.2, 0.25) is 5.91 Å². The molecular formula is C18H26F2N2O3. The highest BCUT2D eigenvalue weighted by atomic mass is 19.1. The second kappa shape index (κ2) is 9.22. The molecule has 140 valence electrons. The lowest BCUT2D eigenvalue weighted by atomic mass is 9.91. The standard InChI is InChI=1S/C18H26F2N2O3/c1-2-22(10-6-9-12-7-4-3-5-8-12)18(25)15-14(20)17(24)16(23)13(11-19)21-15/h3-5,7-8,13-17,21,23-24H,2,6,9-11H2,1H3/t13-,14+,15+,16-,17-/m1/s1. The zero-order valence-corrected chi connectivity index (χ0v) is 14.3. The number of nitrogens with one attached hydrogen (secondary N) is 1. The predicted octanol–water partition coefficient (Wildman–Crippen LogP) is 0.837. The molecule has 0 aromatic heterocycles. The van der Waals surface area contributed by atoms with Crippen molar-refractivity contribution in [3.05, 3.63) is 35.9 Å². The Labute approximate surface area is 146 Å². The molecule has 1 saturated heterocycles. The summed E-state index contributed by atoms with van der Waals surface area (Å²) in [6, 6.07) is 7.32. The van der Waals surface area contributed by atoms with Crippen LogP contribution in [0.5, 0.6) is 0 Å². The van der Waals surface area contributed by atoms with Crippen LogP contribution in [0.15, 0.2) is 30.3 Å². The van der Waals surface area contributed by atoms with E-state index in [1.54, 1.807) is 6.92 Å². The van der Waals surface area contributed by atoms with Gasteiger partial charge in [-0.25, -0.2) is 8.78 Å². The maximum absolute atomic E-state index is 14.3. The number of hydrogen-bond donors (Lipinski definition) is 3. The molecule has 0 aliphatic carbocycles. The third kappa shape index (κ3) is 4.74. The fraction of sp³-hybridized carbons (Fsp3) is 0.611. The molecule has 1 aromatic carbocycles. The van der Waals surface area contributed by atoms with Crippen LogP contribution in [0, 0.1) is 0 Å². The Morgan fingerprint density at radius 3 is 2.52 bits per heavy atom. The first-order valence-corrected chi connectivity index (χ1v) is 8.64. The van der Waals surface area contributed by atoms with E-state index < -0.39 is 43.0 Å². The Morgan fingerprint density at radius 2 is 1.92 bits per heavy atom. The molecule has 0 unspecified atom stereocenters. The van der Waals surface area contributed by atoms with E-state index in [0.717, 1.165) is 12.0 Å². The SMILES string of the molecule is CCN(CCCc1ccccc1)C(=O)[C@H]1N[C@H](CF)[C@@H](O)[C@H](O)[C@H]1F. The van der Waals surface area contributed by atoms with Gasteiger partial charge in [0.25, 0.3) is 0 Å². The molecule has 2 rings (SSSR count). The number of carbonyl (C=O) groups is 1. The number of likely N-dealkylation sites (N-methyl/N-ethyl adjacent to an activating group) is 1. The number of amides is 1. The molecule has 7 heteroatoms. The Hall–Kier alpha value is -1.57. The summed E-state index contributed by atoms with van der Waals surface area (Å²) in [7, 11) is 0. The van der Waals surface area contributed by atoms with Crippen molar-refractivity contribution in [3.8, 4) is 0 Å². The number of carbonyl (C=O) groups excluding carboxylic acids is 1. The first-order valence-electron chi connectivity index (χ1n) is 8.64. The summed E-state index contributed by atoms with van der Waals surface area (Å²) < 4.78 is 27.3. The quantitative estimate of drug-likeness (QED) is 0.677. The fourth-order valence-corrected chi connectivity index (χ4v) is 3.13. The predicted molar refractivity (Wildman–Crippen MR) is 90.6 cm³/mol. The van der Waals surface area contributed by atoms with E-state index in [9.17, 15) is 23.8 Å². The molecule has 3 N–H and O–H groups in total. The molecule has 1 aromatic rings. The van der Waals surface area contributed by atoms with Gasteiger partial charge in [0.05, 0.1) is 6.04 Å². The van der Waals surface area contributed by atoms with Crippen LogP contribution in [0.25, 0.3) is 0 Å². The molecular weight excluding hydrogens is 330 g/mol. The van der Waals surface area contributed by atoms with Crippen molar-refractivity contribution in [2.75, 3.05) is 19.8 Å². The fourth-order valence-electron chi connectivity index (χ4n) is 3.13. The number of piperidine rings is 1. The average Bonchev–Trinajstić information content (AvgIpc) is 2.64. The monoisotopic (exact) mass is 356 g/mol. The summed E-state index contributed by atoms with van der Waals surface area (Å²) in [5.74, 6) is -0.521. The molecule has 5 atom stereocenters. The number of aryl methyl sites for hydroxylation is 1. The molecule has 0 radical (unpaired) electrons. The highest BCUT2D eigenvalue weighted by Crippen LogP contribution is 2.20. The Bertz CT molecular complexity index is 544. The number of halogens is 2. The van der Waals surface area contributed by atoms with Crippen molar-refractivity contribution in [2.45, 2.75) is 50.2 Å². The smallest absolute Gasteiger partial charge is 0.242 e. The van der Waals surface area contributed by atoms with E-state index in [0.29, 0.717) is 19.5 Å². The molecule has 0 saturated carbocycles. The summed E-state index contributed by atoms with van der Waals surface area (Å²) in [6.07, 6.45) is -3.83. The van der Waals surface area contributed by atoms with Gasteiger partial charge in [-0.3, -0.25) is 10.1 Å². The van der Waals surface area contributed by atoms with Gasteiger partial charge in [0, 0.05) is 13.1 Å². The van der Waals surface area contributed by atoms with E-state index in [4.69, 9.17) is 0 Å². The largest absolute Gasteiger partial charge is 0.389 e. The van der Waals surface area contributed by atoms with Gasteiger partial charge in [0.15, 0.2) is 6.17 Å². The highest BCUT2D eigenvalue weighted by molar-refractivity contribution is 5.83. The number of alkyl halides is 2. The minimum absolute atomic E-state index is 0.386. The second-order valence-corrected chi connectivity index (χ2v) is 6.34. The Balaban J connectivity index is 1.95. The van der Waals surface area contributed by atoms with Gasteiger partial charge in [-0.1, -0.05) is 30.3 Å². The molecule has 1 aliphatic heterocycles. The van der Waals surface area contributed by atoms with Crippen molar-refractivity contribution in [1.82, 2.24) is 10.2 Å². The highest BCUT2D eigenvalue weighted by Gasteiger charge is 2.47. The van der Waals surface area contributed by atoms with Gasteiger partial charge in [-0.2, -0.15) is 0 Å². The first kappa shape index (κ1) is 19.8. The topological polar surface area (TPSA) is 72.8 Å². The van der Waals surface area contributed by atoms with Gasteiger partial charge in [-0.15, -0.1) is 0 Å². The van der Waals surface area contributed by atoms with Gasteiger partial charge >= 0.3 is 0 Å². The summed E-state index contributed by atoms with van der Waals surface area (Å²) in [5.41, 5.74) is 1.15. The van der Waals surface area contributed by atoms with Crippen molar-refractivity contribution in [3.63, 3.8) is 0 Å². The second-order valence-electron chi connectivity index (χ2n) is 6.34. The molecule has 0 bridgehead atoms. The number of aliphatic hydroxyl groups excluding tert-OH is 2. The molecule has 5 nitrogen and oxygen atoms in total. The number of rotatable bonds is 7. The zero-order valence-electron chi connectivity index (χ0n) is 14.3. The van der Waals surface area contributed by atoms with Gasteiger partial charge in [0.1, 0.15) is 24.9 Å². The van der Waals surface area contributed by atoms with E-state index >= 15 is 0 Å². The number of benzene rings is 1. The molecule has 1 amide bonds. The zero-order chi connectivity index (χ0) is 18.4. The number of aliphatic hydroxyl groups is 2. The molecule has 1 fully saturated rings. The molecule has 1 heterocycles. The summed E-state index contributed by atoms with van der Waals surface area (Å²) in [6.45, 7) is 1.62. The Morgan fingerprint density at radius 1 is 1.24 bits per heavy atom. The van der Waals surface area contributed by atoms with Crippen molar-refractivity contribution in [2.24, 2.45) is 0 Å². The van der Waals surface area contributed by atoms with Gasteiger partial charge in [-0.05, 0) is 25.3 Å². The lowest BCUT2D eigenvalue weighted by Crippen LogP contribution is -2.68. The van der Waals surface area contributed by atoms with E-state index in [1.165, 1.54) is 4.90 Å². The Kier molecular flexibility index (Phi) is 7.28.